The van der Waals surface area contributed by atoms with E-state index in [1.165, 1.54) is 21.5 Å². The van der Waals surface area contributed by atoms with Crippen LogP contribution in [0, 0.1) is 0 Å². The van der Waals surface area contributed by atoms with Crippen molar-refractivity contribution in [1.82, 2.24) is 9.97 Å². The van der Waals surface area contributed by atoms with Crippen LogP contribution in [0.25, 0.3) is 54.6 Å². The molecule has 0 amide bonds. The summed E-state index contributed by atoms with van der Waals surface area (Å²) in [4.78, 5) is 9.99. The van der Waals surface area contributed by atoms with Gasteiger partial charge in [-0.1, -0.05) is 91.0 Å². The fourth-order valence-electron chi connectivity index (χ4n) is 4.20. The lowest BCUT2D eigenvalue weighted by molar-refractivity contribution is 1.31. The molecule has 5 aromatic carbocycles. The van der Waals surface area contributed by atoms with Crippen LogP contribution in [0.15, 0.2) is 97.2 Å². The van der Waals surface area contributed by atoms with Gasteiger partial charge in [0.15, 0.2) is 0 Å². The van der Waals surface area contributed by atoms with Gasteiger partial charge < -0.3 is 0 Å². The zero-order valence-corrected chi connectivity index (χ0v) is 15.1. The number of fused-ring (bicyclic) bond motifs is 7. The average molecular weight is 356 g/mol. The van der Waals surface area contributed by atoms with Gasteiger partial charge in [0.25, 0.3) is 0 Å². The van der Waals surface area contributed by atoms with Crippen molar-refractivity contribution in [1.29, 1.82) is 0 Å². The lowest BCUT2D eigenvalue weighted by Crippen LogP contribution is -1.92. The van der Waals surface area contributed by atoms with Crippen molar-refractivity contribution in [3.8, 4) is 11.3 Å². The second-order valence-corrected chi connectivity index (χ2v) is 7.07. The van der Waals surface area contributed by atoms with Crippen molar-refractivity contribution in [2.45, 2.75) is 0 Å². The summed E-state index contributed by atoms with van der Waals surface area (Å²) in [5.74, 6) is 0. The zero-order chi connectivity index (χ0) is 18.5. The van der Waals surface area contributed by atoms with E-state index in [4.69, 9.17) is 9.97 Å². The number of rotatable bonds is 1. The average Bonchev–Trinajstić information content (AvgIpc) is 2.78. The molecule has 0 spiro atoms. The van der Waals surface area contributed by atoms with Crippen LogP contribution in [0.5, 0.6) is 0 Å². The molecule has 2 nitrogen and oxygen atoms in total. The van der Waals surface area contributed by atoms with Crippen molar-refractivity contribution in [2.75, 3.05) is 0 Å². The Bertz CT molecular complexity index is 1480. The minimum absolute atomic E-state index is 0.907. The molecule has 0 aliphatic rings. The first kappa shape index (κ1) is 15.3. The molecule has 130 valence electrons. The van der Waals surface area contributed by atoms with E-state index < -0.39 is 0 Å². The Hall–Kier alpha value is -3.78. The summed E-state index contributed by atoms with van der Waals surface area (Å²) >= 11 is 0. The van der Waals surface area contributed by atoms with Gasteiger partial charge >= 0.3 is 0 Å². The van der Waals surface area contributed by atoms with Crippen molar-refractivity contribution < 1.29 is 0 Å². The smallest absolute Gasteiger partial charge is 0.0979 e. The fourth-order valence-corrected chi connectivity index (χ4v) is 4.20. The van der Waals surface area contributed by atoms with Crippen LogP contribution in [0.4, 0.5) is 0 Å². The van der Waals surface area contributed by atoms with Crippen LogP contribution in [0.3, 0.4) is 0 Å². The topological polar surface area (TPSA) is 25.8 Å². The minimum Gasteiger partial charge on any atom is -0.252 e. The highest BCUT2D eigenvalue weighted by atomic mass is 14.8. The number of benzene rings is 5. The van der Waals surface area contributed by atoms with Crippen molar-refractivity contribution in [3.63, 3.8) is 0 Å². The Labute approximate surface area is 162 Å². The van der Waals surface area contributed by atoms with Gasteiger partial charge in [-0.05, 0) is 21.5 Å². The summed E-state index contributed by atoms with van der Waals surface area (Å²) in [7, 11) is 0. The number of aromatic nitrogens is 2. The standard InChI is InChI=1S/C26H16N2/c1-2-10-18-17(8-1)9-7-15-21(18)24-16-27-25-22-13-5-3-11-19(22)20-12-4-6-14-23(20)26(25)28-24/h1-16H. The van der Waals surface area contributed by atoms with E-state index in [1.54, 1.807) is 0 Å². The van der Waals surface area contributed by atoms with Crippen LogP contribution in [-0.2, 0) is 0 Å². The maximum absolute atomic E-state index is 5.11. The molecule has 0 fully saturated rings. The lowest BCUT2D eigenvalue weighted by atomic mass is 9.99. The van der Waals surface area contributed by atoms with Crippen molar-refractivity contribution in [2.24, 2.45) is 0 Å². The van der Waals surface area contributed by atoms with Crippen molar-refractivity contribution in [3.05, 3.63) is 97.2 Å². The highest BCUT2D eigenvalue weighted by Gasteiger charge is 2.12. The Morgan fingerprint density at radius 2 is 1.04 bits per heavy atom. The Balaban J connectivity index is 1.76. The third-order valence-corrected chi connectivity index (χ3v) is 5.49. The molecule has 0 aliphatic heterocycles. The van der Waals surface area contributed by atoms with Gasteiger partial charge in [0, 0.05) is 16.3 Å². The summed E-state index contributed by atoms with van der Waals surface area (Å²) < 4.78 is 0. The molecule has 0 atom stereocenters. The SMILES string of the molecule is c1ccc2c(-c3cnc4c5ccccc5c5ccccc5c4n3)cccc2c1. The lowest BCUT2D eigenvalue weighted by Gasteiger charge is -2.11. The van der Waals surface area contributed by atoms with Gasteiger partial charge in [-0.25, -0.2) is 4.98 Å². The van der Waals surface area contributed by atoms with E-state index in [0.29, 0.717) is 0 Å². The van der Waals surface area contributed by atoms with Gasteiger partial charge in [-0.3, -0.25) is 4.98 Å². The molecule has 0 radical (unpaired) electrons. The Morgan fingerprint density at radius 3 is 1.79 bits per heavy atom. The first-order chi connectivity index (χ1) is 13.9. The fraction of sp³-hybridized carbons (Fsp3) is 0. The zero-order valence-electron chi connectivity index (χ0n) is 15.1. The molecule has 28 heavy (non-hydrogen) atoms. The minimum atomic E-state index is 0.907. The normalized spacial score (nSPS) is 11.6. The number of hydrogen-bond acceptors (Lipinski definition) is 2. The van der Waals surface area contributed by atoms with Crippen LogP contribution < -0.4 is 0 Å². The summed E-state index contributed by atoms with van der Waals surface area (Å²) in [5, 5.41) is 7.14. The molecule has 0 bridgehead atoms. The van der Waals surface area contributed by atoms with Crippen LogP contribution in [0.2, 0.25) is 0 Å². The van der Waals surface area contributed by atoms with E-state index in [1.807, 2.05) is 6.20 Å². The molecule has 0 unspecified atom stereocenters. The maximum atomic E-state index is 5.11. The predicted octanol–water partition coefficient (Wildman–Crippen LogP) is 6.76. The molecular weight excluding hydrogens is 340 g/mol. The van der Waals surface area contributed by atoms with Crippen molar-refractivity contribution >= 4 is 43.4 Å². The van der Waals surface area contributed by atoms with E-state index in [-0.39, 0.29) is 0 Å². The monoisotopic (exact) mass is 356 g/mol. The van der Waals surface area contributed by atoms with Crippen LogP contribution >= 0.6 is 0 Å². The molecule has 1 aromatic heterocycles. The van der Waals surface area contributed by atoms with E-state index in [9.17, 15) is 0 Å². The predicted molar refractivity (Wildman–Crippen MR) is 117 cm³/mol. The van der Waals surface area contributed by atoms with Gasteiger partial charge in [-0.2, -0.15) is 0 Å². The molecular formula is C26H16N2. The maximum Gasteiger partial charge on any atom is 0.0979 e. The Morgan fingerprint density at radius 1 is 0.464 bits per heavy atom. The molecule has 6 aromatic rings. The molecule has 0 N–H and O–H groups in total. The van der Waals surface area contributed by atoms with Crippen LogP contribution in [-0.4, -0.2) is 9.97 Å². The number of hydrogen-bond donors (Lipinski definition) is 0. The second kappa shape index (κ2) is 5.86. The first-order valence-corrected chi connectivity index (χ1v) is 9.44. The van der Waals surface area contributed by atoms with Gasteiger partial charge in [-0.15, -0.1) is 0 Å². The highest BCUT2D eigenvalue weighted by molar-refractivity contribution is 6.23. The van der Waals surface area contributed by atoms with Crippen LogP contribution in [0.1, 0.15) is 0 Å². The van der Waals surface area contributed by atoms with Gasteiger partial charge in [0.2, 0.25) is 0 Å². The first-order valence-electron chi connectivity index (χ1n) is 9.44. The van der Waals surface area contributed by atoms with Gasteiger partial charge in [0.1, 0.15) is 0 Å². The highest BCUT2D eigenvalue weighted by Crippen LogP contribution is 2.35. The van der Waals surface area contributed by atoms with Gasteiger partial charge in [0.05, 0.1) is 22.9 Å². The summed E-state index contributed by atoms with van der Waals surface area (Å²) in [5.41, 5.74) is 3.94. The van der Waals surface area contributed by atoms with E-state index in [2.05, 4.69) is 91.0 Å². The van der Waals surface area contributed by atoms with E-state index in [0.717, 1.165) is 33.1 Å². The molecule has 6 rings (SSSR count). The third-order valence-electron chi connectivity index (χ3n) is 5.49. The molecule has 0 saturated carbocycles. The largest absolute Gasteiger partial charge is 0.252 e. The summed E-state index contributed by atoms with van der Waals surface area (Å²) in [6.07, 6.45) is 1.91. The number of nitrogens with zero attached hydrogens (tertiary/aromatic N) is 2. The second-order valence-electron chi connectivity index (χ2n) is 7.07. The van der Waals surface area contributed by atoms with E-state index >= 15 is 0 Å². The Kier molecular flexibility index (Phi) is 3.20. The summed E-state index contributed by atoms with van der Waals surface area (Å²) in [6.45, 7) is 0. The third kappa shape index (κ3) is 2.15. The molecule has 0 aliphatic carbocycles. The quantitative estimate of drug-likeness (QED) is 0.304. The molecule has 1 heterocycles. The molecule has 2 heteroatoms. The molecule has 0 saturated heterocycles. The summed E-state index contributed by atoms with van der Waals surface area (Å²) in [6, 6.07) is 31.7.